The molecule has 0 amide bonds. The minimum Gasteiger partial charge on any atom is -0.462 e. The molecule has 17 nitrogen and oxygen atoms in total. The second-order valence-electron chi connectivity index (χ2n) is 26.6. The van der Waals surface area contributed by atoms with Crippen molar-refractivity contribution in [1.82, 2.24) is 0 Å². The van der Waals surface area contributed by atoms with Gasteiger partial charge in [0.1, 0.15) is 19.3 Å². The van der Waals surface area contributed by atoms with Crippen LogP contribution in [0.4, 0.5) is 0 Å². The van der Waals surface area contributed by atoms with Crippen molar-refractivity contribution in [3.8, 4) is 0 Å². The Morgan fingerprint density at radius 2 is 0.520 bits per heavy atom. The molecule has 0 saturated carbocycles. The molecule has 0 aliphatic carbocycles. The van der Waals surface area contributed by atoms with Crippen molar-refractivity contribution in [3.63, 3.8) is 0 Å². The highest BCUT2D eigenvalue weighted by Gasteiger charge is 2.30. The predicted molar refractivity (Wildman–Crippen MR) is 409 cm³/mol. The van der Waals surface area contributed by atoms with Gasteiger partial charge < -0.3 is 33.8 Å². The first-order valence-electron chi connectivity index (χ1n) is 39.8. The zero-order valence-corrected chi connectivity index (χ0v) is 65.2. The number of allylic oxidation sites excluding steroid dienone is 14. The molecule has 0 saturated heterocycles. The third-order valence-corrected chi connectivity index (χ3v) is 18.7. The normalized spacial score (nSPS) is 14.3. The van der Waals surface area contributed by atoms with Crippen molar-refractivity contribution in [2.75, 3.05) is 39.6 Å². The van der Waals surface area contributed by atoms with Crippen LogP contribution in [0.2, 0.25) is 0 Å². The molecule has 5 atom stereocenters. The second kappa shape index (κ2) is 73.5. The van der Waals surface area contributed by atoms with Gasteiger partial charge in [-0.1, -0.05) is 286 Å². The Balaban J connectivity index is 5.29. The summed E-state index contributed by atoms with van der Waals surface area (Å²) in [6, 6.07) is 0. The smallest absolute Gasteiger partial charge is 0.462 e. The molecule has 580 valence electrons. The van der Waals surface area contributed by atoms with Gasteiger partial charge in [-0.3, -0.25) is 37.3 Å². The van der Waals surface area contributed by atoms with E-state index in [4.69, 9.17) is 37.0 Å². The summed E-state index contributed by atoms with van der Waals surface area (Å²) in [7, 11) is -9.95. The van der Waals surface area contributed by atoms with Gasteiger partial charge in [0.25, 0.3) is 0 Å². The highest BCUT2D eigenvalue weighted by atomic mass is 31.2. The fourth-order valence-electron chi connectivity index (χ4n) is 10.8. The van der Waals surface area contributed by atoms with Crippen molar-refractivity contribution >= 4 is 39.5 Å². The van der Waals surface area contributed by atoms with E-state index in [2.05, 4.69) is 113 Å². The summed E-state index contributed by atoms with van der Waals surface area (Å²) in [5, 5.41) is 10.6. The molecule has 5 unspecified atom stereocenters. The van der Waals surface area contributed by atoms with Crippen LogP contribution in [0.25, 0.3) is 0 Å². The first-order chi connectivity index (χ1) is 48.7. The summed E-state index contributed by atoms with van der Waals surface area (Å²) >= 11 is 0. The molecular weight excluding hydrogens is 1310 g/mol. The lowest BCUT2D eigenvalue weighted by atomic mass is 10.1. The van der Waals surface area contributed by atoms with E-state index in [-0.39, 0.29) is 25.7 Å². The number of aliphatic hydroxyl groups is 1. The van der Waals surface area contributed by atoms with E-state index in [1.165, 1.54) is 83.5 Å². The van der Waals surface area contributed by atoms with Gasteiger partial charge in [-0.25, -0.2) is 9.13 Å². The lowest BCUT2D eigenvalue weighted by Crippen LogP contribution is -2.30. The molecule has 0 spiro atoms. The molecule has 0 aliphatic heterocycles. The molecule has 0 fully saturated rings. The third-order valence-electron chi connectivity index (χ3n) is 16.8. The minimum absolute atomic E-state index is 0.0844. The molecule has 0 bridgehead atoms. The van der Waals surface area contributed by atoms with Crippen LogP contribution >= 0.6 is 15.6 Å². The standard InChI is InChI=1S/C81H144O17P2/c1-5-9-13-17-21-25-29-32-34-36-37-39-41-44-47-50-54-58-62-66-78(83)91-71-76(97-80(85)67-63-59-55-51-45-28-24-20-16-12-8-4)73-95-99(87,88)93-69-75(82)70-94-100(89,90)96-74-77(98-81(86)68-64-60-56-52-48-42-31-27-23-19-15-11-7-3)72-92-79(84)65-61-57-53-49-46-43-40-38-35-33-30-26-22-18-14-10-6-2/h10,14,21-22,25-27,31-35,37,39,75-77,82H,5-9,11-13,15-20,23-24,28-30,36,38,40-74H2,1-4H3,(H,87,88)(H,89,90)/b14-10-,25-21-,26-22-,31-27-,34-32-,35-33-,39-37-. The van der Waals surface area contributed by atoms with Crippen molar-refractivity contribution < 1.29 is 80.2 Å². The summed E-state index contributed by atoms with van der Waals surface area (Å²) in [4.78, 5) is 72.9. The molecule has 0 rings (SSSR count). The van der Waals surface area contributed by atoms with Gasteiger partial charge in [0.05, 0.1) is 26.4 Å². The Morgan fingerprint density at radius 1 is 0.290 bits per heavy atom. The van der Waals surface area contributed by atoms with Gasteiger partial charge in [0, 0.05) is 25.7 Å². The highest BCUT2D eigenvalue weighted by Crippen LogP contribution is 2.45. The number of carbonyl (C=O) groups is 4. The quantitative estimate of drug-likeness (QED) is 0.0169. The monoisotopic (exact) mass is 1450 g/mol. The number of carbonyl (C=O) groups excluding carboxylic acids is 4. The number of phosphoric acid groups is 2. The van der Waals surface area contributed by atoms with Crippen LogP contribution in [0, 0.1) is 0 Å². The van der Waals surface area contributed by atoms with Crippen LogP contribution < -0.4 is 0 Å². The lowest BCUT2D eigenvalue weighted by Gasteiger charge is -2.21. The number of hydrogen-bond donors (Lipinski definition) is 3. The van der Waals surface area contributed by atoms with Gasteiger partial charge in [-0.2, -0.15) is 0 Å². The topological polar surface area (TPSA) is 237 Å². The summed E-state index contributed by atoms with van der Waals surface area (Å²) in [5.41, 5.74) is 0. The fraction of sp³-hybridized carbons (Fsp3) is 0.778. The van der Waals surface area contributed by atoms with E-state index in [9.17, 15) is 43.2 Å². The number of esters is 4. The molecule has 0 aromatic carbocycles. The first kappa shape index (κ1) is 96.2. The van der Waals surface area contributed by atoms with E-state index in [0.717, 1.165) is 186 Å². The number of phosphoric ester groups is 2. The molecule has 0 aromatic rings. The van der Waals surface area contributed by atoms with Gasteiger partial charge in [0.15, 0.2) is 12.2 Å². The maximum Gasteiger partial charge on any atom is 0.472 e. The molecule has 19 heteroatoms. The van der Waals surface area contributed by atoms with E-state index in [0.29, 0.717) is 25.7 Å². The fourth-order valence-corrected chi connectivity index (χ4v) is 12.3. The SMILES string of the molecule is CC/C=C\C/C=C\C/C=C\CCCCCCCCCC(=O)OCC(COP(=O)(O)OCC(O)COP(=O)(O)OCC(COC(=O)CCCCCCCC/C=C\C/C=C\C/C=C\CCCCC)OC(=O)CCCCCCCCCCCCC)OC(=O)CCCCCCC/C=C\CCCCCC. The van der Waals surface area contributed by atoms with E-state index < -0.39 is 97.5 Å². The van der Waals surface area contributed by atoms with E-state index in [1.54, 1.807) is 0 Å². The summed E-state index contributed by atoms with van der Waals surface area (Å²) in [5.74, 6) is -2.19. The van der Waals surface area contributed by atoms with Crippen LogP contribution in [-0.2, 0) is 65.4 Å². The average Bonchev–Trinajstić information content (AvgIpc) is 0.939. The van der Waals surface area contributed by atoms with E-state index in [1.807, 2.05) is 0 Å². The zero-order valence-electron chi connectivity index (χ0n) is 63.4. The minimum atomic E-state index is -4.97. The van der Waals surface area contributed by atoms with Gasteiger partial charge in [-0.15, -0.1) is 0 Å². The Hall–Kier alpha value is -3.76. The highest BCUT2D eigenvalue weighted by molar-refractivity contribution is 7.47. The molecule has 3 N–H and O–H groups in total. The average molecular weight is 1450 g/mol. The van der Waals surface area contributed by atoms with Crippen molar-refractivity contribution in [2.45, 2.75) is 367 Å². The summed E-state index contributed by atoms with van der Waals surface area (Å²) < 4.78 is 68.5. The number of rotatable bonds is 75. The van der Waals surface area contributed by atoms with E-state index >= 15 is 0 Å². The Kier molecular flexibility index (Phi) is 70.8. The van der Waals surface area contributed by atoms with Crippen LogP contribution in [0.5, 0.6) is 0 Å². The second-order valence-corrected chi connectivity index (χ2v) is 29.5. The van der Waals surface area contributed by atoms with Crippen LogP contribution in [0.1, 0.15) is 349 Å². The molecule has 100 heavy (non-hydrogen) atoms. The molecule has 0 aliphatic rings. The maximum absolute atomic E-state index is 13.1. The van der Waals surface area contributed by atoms with Gasteiger partial charge >= 0.3 is 39.5 Å². The van der Waals surface area contributed by atoms with Crippen LogP contribution in [0.3, 0.4) is 0 Å². The number of aliphatic hydroxyl groups excluding tert-OH is 1. The number of unbranched alkanes of at least 4 members (excludes halogenated alkanes) is 35. The van der Waals surface area contributed by atoms with Gasteiger partial charge in [0.2, 0.25) is 0 Å². The zero-order chi connectivity index (χ0) is 73.2. The molecular formula is C81H144O17P2. The van der Waals surface area contributed by atoms with Crippen LogP contribution in [0.15, 0.2) is 85.1 Å². The van der Waals surface area contributed by atoms with Crippen molar-refractivity contribution in [2.24, 2.45) is 0 Å². The predicted octanol–water partition coefficient (Wildman–Crippen LogP) is 23.0. The van der Waals surface area contributed by atoms with Crippen molar-refractivity contribution in [1.29, 1.82) is 0 Å². The van der Waals surface area contributed by atoms with Crippen molar-refractivity contribution in [3.05, 3.63) is 85.1 Å². The Labute approximate surface area is 608 Å². The first-order valence-corrected chi connectivity index (χ1v) is 42.8. The largest absolute Gasteiger partial charge is 0.472 e. The summed E-state index contributed by atoms with van der Waals surface area (Å²) in [6.07, 6.45) is 75.6. The maximum atomic E-state index is 13.1. The Morgan fingerprint density at radius 3 is 0.840 bits per heavy atom. The third kappa shape index (κ3) is 72.6. The van der Waals surface area contributed by atoms with Crippen LogP contribution in [-0.4, -0.2) is 96.7 Å². The molecule has 0 heterocycles. The summed E-state index contributed by atoms with van der Waals surface area (Å²) in [6.45, 7) is 4.73. The lowest BCUT2D eigenvalue weighted by molar-refractivity contribution is -0.161. The molecule has 0 radical (unpaired) electrons. The van der Waals surface area contributed by atoms with Gasteiger partial charge in [-0.05, 0) is 122 Å². The Bertz CT molecular complexity index is 2230. The number of ether oxygens (including phenoxy) is 4. The molecule has 0 aromatic heterocycles. The number of hydrogen-bond acceptors (Lipinski definition) is 15.